The average Bonchev–Trinajstić information content (AvgIpc) is 2.71. The van der Waals surface area contributed by atoms with E-state index in [4.69, 9.17) is 9.47 Å². The summed E-state index contributed by atoms with van der Waals surface area (Å²) in [6.45, 7) is 8.67. The maximum absolute atomic E-state index is 11.7. The highest BCUT2D eigenvalue weighted by Crippen LogP contribution is 2.39. The fraction of sp³-hybridized carbons (Fsp3) is 0.640. The van der Waals surface area contributed by atoms with Crippen molar-refractivity contribution in [2.75, 3.05) is 20.3 Å². The molecule has 0 radical (unpaired) electrons. The van der Waals surface area contributed by atoms with Gasteiger partial charge in [-0.1, -0.05) is 50.6 Å². The second-order valence-electron chi connectivity index (χ2n) is 8.40. The molecular weight excluding hydrogens is 348 g/mol. The second kappa shape index (κ2) is 12.1. The van der Waals surface area contributed by atoms with E-state index in [0.717, 1.165) is 0 Å². The van der Waals surface area contributed by atoms with Crippen LogP contribution in [0.15, 0.2) is 36.4 Å². The molecule has 0 aliphatic heterocycles. The fourth-order valence-corrected chi connectivity index (χ4v) is 4.30. The molecule has 0 spiro atoms. The molecule has 1 aliphatic rings. The first-order valence-corrected chi connectivity index (χ1v) is 11.0. The smallest absolute Gasteiger partial charge is 0.333 e. The number of benzene rings is 1. The van der Waals surface area contributed by atoms with Crippen LogP contribution in [-0.4, -0.2) is 26.3 Å². The predicted molar refractivity (Wildman–Crippen MR) is 116 cm³/mol. The van der Waals surface area contributed by atoms with Gasteiger partial charge in [0.2, 0.25) is 0 Å². The molecule has 1 saturated carbocycles. The normalized spacial score (nSPS) is 20.5. The summed E-state index contributed by atoms with van der Waals surface area (Å²) in [5, 5.41) is 0. The van der Waals surface area contributed by atoms with Gasteiger partial charge < -0.3 is 9.47 Å². The Morgan fingerprint density at radius 1 is 1.11 bits per heavy atom. The molecule has 0 amide bonds. The van der Waals surface area contributed by atoms with Gasteiger partial charge in [-0.3, -0.25) is 0 Å². The molecule has 1 aromatic rings. The molecule has 1 unspecified atom stereocenters. The molecule has 0 N–H and O–H groups in total. The Labute approximate surface area is 171 Å². The molecule has 1 fully saturated rings. The molecule has 0 heterocycles. The van der Waals surface area contributed by atoms with Crippen LogP contribution in [0.4, 0.5) is 0 Å². The van der Waals surface area contributed by atoms with Gasteiger partial charge in [-0.15, -0.1) is 0 Å². The van der Waals surface area contributed by atoms with Crippen LogP contribution in [0.5, 0.6) is 0 Å². The molecule has 28 heavy (non-hydrogen) atoms. The molecule has 0 aromatic heterocycles. The van der Waals surface area contributed by atoms with Crippen molar-refractivity contribution in [2.45, 2.75) is 71.1 Å². The van der Waals surface area contributed by atoms with Crippen LogP contribution in [0, 0.1) is 11.8 Å². The zero-order chi connectivity index (χ0) is 20.4. The Bertz CT molecular complexity index is 597. The van der Waals surface area contributed by atoms with Gasteiger partial charge in [0.25, 0.3) is 0 Å². The number of esters is 1. The van der Waals surface area contributed by atoms with Gasteiger partial charge in [0.15, 0.2) is 0 Å². The molecule has 156 valence electrons. The zero-order valence-corrected chi connectivity index (χ0v) is 18.0. The summed E-state index contributed by atoms with van der Waals surface area (Å²) in [7, 11) is 1.72. The lowest BCUT2D eigenvalue weighted by Crippen LogP contribution is -2.29. The van der Waals surface area contributed by atoms with E-state index in [0.29, 0.717) is 30.6 Å². The molecule has 3 heteroatoms. The van der Waals surface area contributed by atoms with Crippen molar-refractivity contribution in [3.8, 4) is 0 Å². The fourth-order valence-electron chi connectivity index (χ4n) is 4.30. The largest absolute Gasteiger partial charge is 0.462 e. The second-order valence-corrected chi connectivity index (χ2v) is 8.40. The Morgan fingerprint density at radius 2 is 1.79 bits per heavy atom. The van der Waals surface area contributed by atoms with Crippen LogP contribution in [0.2, 0.25) is 0 Å². The van der Waals surface area contributed by atoms with Gasteiger partial charge in [0, 0.05) is 18.6 Å². The number of methoxy groups -OCH3 is 1. The van der Waals surface area contributed by atoms with Crippen molar-refractivity contribution in [3.63, 3.8) is 0 Å². The number of ether oxygens (including phenoxy) is 2. The lowest BCUT2D eigenvalue weighted by molar-refractivity contribution is -0.141. The average molecular weight is 387 g/mol. The standard InChI is InChI=1S/C25H38O3/c1-5-6-7-8-20-9-11-21(12-10-20)22-13-15-23(16-14-22)24(17-27-4)18-28-25(26)19(2)3/h9-12,22-24H,2,5-8,13-18H2,1,3-4H3. The third-order valence-electron chi connectivity index (χ3n) is 6.12. The van der Waals surface area contributed by atoms with Crippen molar-refractivity contribution in [2.24, 2.45) is 11.8 Å². The third kappa shape index (κ3) is 7.09. The molecule has 1 aliphatic carbocycles. The van der Waals surface area contributed by atoms with E-state index in [1.807, 2.05) is 0 Å². The minimum absolute atomic E-state index is 0.273. The third-order valence-corrected chi connectivity index (χ3v) is 6.12. The first kappa shape index (κ1) is 22.7. The van der Waals surface area contributed by atoms with E-state index in [2.05, 4.69) is 37.8 Å². The molecule has 0 saturated heterocycles. The van der Waals surface area contributed by atoms with Crippen molar-refractivity contribution >= 4 is 5.97 Å². The summed E-state index contributed by atoms with van der Waals surface area (Å²) in [6.07, 6.45) is 9.82. The quantitative estimate of drug-likeness (QED) is 0.263. The summed E-state index contributed by atoms with van der Waals surface area (Å²) >= 11 is 0. The number of carbonyl (C=O) groups is 1. The van der Waals surface area contributed by atoms with Gasteiger partial charge in [0.05, 0.1) is 13.2 Å². The first-order valence-electron chi connectivity index (χ1n) is 11.0. The van der Waals surface area contributed by atoms with E-state index >= 15 is 0 Å². The maximum Gasteiger partial charge on any atom is 0.333 e. The summed E-state index contributed by atoms with van der Waals surface area (Å²) in [5.41, 5.74) is 3.40. The monoisotopic (exact) mass is 386 g/mol. The number of carbonyl (C=O) groups excluding carboxylic acids is 1. The van der Waals surface area contributed by atoms with E-state index < -0.39 is 0 Å². The number of aryl methyl sites for hydroxylation is 1. The van der Waals surface area contributed by atoms with Crippen LogP contribution in [0.1, 0.15) is 75.8 Å². The molecule has 0 bridgehead atoms. The highest BCUT2D eigenvalue weighted by atomic mass is 16.5. The van der Waals surface area contributed by atoms with Gasteiger partial charge in [-0.05, 0) is 68.4 Å². The summed E-state index contributed by atoms with van der Waals surface area (Å²) in [4.78, 5) is 11.7. The van der Waals surface area contributed by atoms with Gasteiger partial charge in [0.1, 0.15) is 0 Å². The Morgan fingerprint density at radius 3 is 2.36 bits per heavy atom. The molecular formula is C25H38O3. The van der Waals surface area contributed by atoms with Gasteiger partial charge in [-0.2, -0.15) is 0 Å². The van der Waals surface area contributed by atoms with E-state index in [-0.39, 0.29) is 11.9 Å². The summed E-state index contributed by atoms with van der Waals surface area (Å²) < 4.78 is 10.8. The van der Waals surface area contributed by atoms with E-state index in [1.54, 1.807) is 14.0 Å². The SMILES string of the molecule is C=C(C)C(=O)OCC(COC)C1CCC(c2ccc(CCCCC)cc2)CC1. The van der Waals surface area contributed by atoms with Crippen molar-refractivity contribution in [3.05, 3.63) is 47.5 Å². The minimum atomic E-state index is -0.297. The van der Waals surface area contributed by atoms with Crippen molar-refractivity contribution < 1.29 is 14.3 Å². The summed E-state index contributed by atoms with van der Waals surface area (Å²) in [6, 6.07) is 9.32. The Kier molecular flexibility index (Phi) is 9.77. The van der Waals surface area contributed by atoms with Crippen molar-refractivity contribution in [1.82, 2.24) is 0 Å². The first-order chi connectivity index (χ1) is 13.5. The van der Waals surface area contributed by atoms with E-state index in [1.165, 1.54) is 62.5 Å². The number of hydrogen-bond acceptors (Lipinski definition) is 3. The Balaban J connectivity index is 1.84. The Hall–Kier alpha value is -1.61. The molecule has 1 atom stereocenters. The number of unbranched alkanes of at least 4 members (excludes halogenated alkanes) is 2. The van der Waals surface area contributed by atoms with Crippen LogP contribution < -0.4 is 0 Å². The molecule has 2 rings (SSSR count). The van der Waals surface area contributed by atoms with Gasteiger partial charge in [-0.25, -0.2) is 4.79 Å². The number of rotatable bonds is 11. The van der Waals surface area contributed by atoms with Gasteiger partial charge >= 0.3 is 5.97 Å². The minimum Gasteiger partial charge on any atom is -0.462 e. The molecule has 1 aromatic carbocycles. The predicted octanol–water partition coefficient (Wildman–Crippen LogP) is 6.08. The zero-order valence-electron chi connectivity index (χ0n) is 18.0. The highest BCUT2D eigenvalue weighted by Gasteiger charge is 2.29. The highest BCUT2D eigenvalue weighted by molar-refractivity contribution is 5.86. The van der Waals surface area contributed by atoms with Crippen LogP contribution in [0.25, 0.3) is 0 Å². The summed E-state index contributed by atoms with van der Waals surface area (Å²) in [5.74, 6) is 1.19. The molecule has 3 nitrogen and oxygen atoms in total. The van der Waals surface area contributed by atoms with Crippen LogP contribution in [-0.2, 0) is 20.7 Å². The van der Waals surface area contributed by atoms with E-state index in [9.17, 15) is 4.79 Å². The van der Waals surface area contributed by atoms with Crippen LogP contribution in [0.3, 0.4) is 0 Å². The maximum atomic E-state index is 11.7. The lowest BCUT2D eigenvalue weighted by Gasteiger charge is -2.33. The lowest BCUT2D eigenvalue weighted by atomic mass is 9.74. The van der Waals surface area contributed by atoms with Crippen molar-refractivity contribution in [1.29, 1.82) is 0 Å². The topological polar surface area (TPSA) is 35.5 Å². The number of hydrogen-bond donors (Lipinski definition) is 0. The van der Waals surface area contributed by atoms with Crippen LogP contribution >= 0.6 is 0 Å².